The van der Waals surface area contributed by atoms with E-state index in [0.717, 1.165) is 29.7 Å². The summed E-state index contributed by atoms with van der Waals surface area (Å²) in [6.07, 6.45) is 3.48. The number of anilines is 1. The number of unbranched alkanes of at least 4 members (excludes halogenated alkanes) is 2. The Bertz CT molecular complexity index is 1310. The van der Waals surface area contributed by atoms with Crippen molar-refractivity contribution in [1.29, 1.82) is 0 Å². The molecule has 0 bridgehead atoms. The first-order valence-corrected chi connectivity index (χ1v) is 14.7. The molecule has 3 rings (SSSR count). The van der Waals surface area contributed by atoms with E-state index < -0.39 is 21.0 Å². The predicted molar refractivity (Wildman–Crippen MR) is 141 cm³/mol. The first kappa shape index (κ1) is 27.2. The Kier molecular flexibility index (Phi) is 9.00. The van der Waals surface area contributed by atoms with Crippen molar-refractivity contribution >= 4 is 44.9 Å². The molecule has 2 heterocycles. The van der Waals surface area contributed by atoms with Crippen LogP contribution in [-0.2, 0) is 19.6 Å². The van der Waals surface area contributed by atoms with Crippen molar-refractivity contribution in [2.24, 2.45) is 0 Å². The number of aryl methyl sites for hydroxylation is 2. The topological polar surface area (TPSA) is 107 Å². The summed E-state index contributed by atoms with van der Waals surface area (Å²) in [5.74, 6) is -0.366. The van der Waals surface area contributed by atoms with Gasteiger partial charge in [-0.2, -0.15) is 4.98 Å². The average molecular weight is 538 g/mol. The number of rotatable bonds is 11. The third kappa shape index (κ3) is 6.25. The van der Waals surface area contributed by atoms with Crippen molar-refractivity contribution in [2.45, 2.75) is 74.7 Å². The van der Waals surface area contributed by atoms with Crippen LogP contribution in [0.25, 0.3) is 5.69 Å². The zero-order valence-corrected chi connectivity index (χ0v) is 23.0. The second-order valence-corrected chi connectivity index (χ2v) is 12.6. The Morgan fingerprint density at radius 1 is 1.17 bits per heavy atom. The number of carbonyl (C=O) groups is 1. The maximum Gasteiger partial charge on any atom is 0.354 e. The molecule has 2 aliphatic rings. The number of carbonyl (C=O) groups excluding carboxylic acids is 1. The van der Waals surface area contributed by atoms with Crippen molar-refractivity contribution in [2.75, 3.05) is 11.3 Å². The van der Waals surface area contributed by atoms with Gasteiger partial charge in [0.1, 0.15) is 10.9 Å². The van der Waals surface area contributed by atoms with E-state index in [1.54, 1.807) is 26.0 Å². The molecule has 1 aromatic rings. The van der Waals surface area contributed by atoms with E-state index in [0.29, 0.717) is 22.0 Å². The summed E-state index contributed by atoms with van der Waals surface area (Å²) in [5, 5.41) is -0.477. The van der Waals surface area contributed by atoms with Crippen LogP contribution in [0.15, 0.2) is 38.2 Å². The largest absolute Gasteiger partial charge is 0.465 e. The SMILES string of the molecule is CCCCCC(Sc1sc(C)c(C)n2c(=O)nc(NS(=O)(=O)c3ccc(C)cc3)c1-2)C(=O)OCC. The first-order chi connectivity index (χ1) is 16.6. The number of aromatic nitrogens is 2. The van der Waals surface area contributed by atoms with Crippen molar-refractivity contribution in [3.05, 3.63) is 50.9 Å². The van der Waals surface area contributed by atoms with Crippen LogP contribution in [0.4, 0.5) is 5.82 Å². The van der Waals surface area contributed by atoms with Gasteiger partial charge in [-0.15, -0.1) is 11.3 Å². The van der Waals surface area contributed by atoms with Gasteiger partial charge in [-0.25, -0.2) is 13.2 Å². The molecule has 0 aliphatic carbocycles. The Balaban J connectivity index is 2.07. The summed E-state index contributed by atoms with van der Waals surface area (Å²) in [6.45, 7) is 9.67. The van der Waals surface area contributed by atoms with E-state index in [9.17, 15) is 18.0 Å². The van der Waals surface area contributed by atoms with Crippen LogP contribution in [-0.4, -0.2) is 35.8 Å². The van der Waals surface area contributed by atoms with Crippen LogP contribution >= 0.6 is 23.1 Å². The van der Waals surface area contributed by atoms with Gasteiger partial charge in [0.15, 0.2) is 5.82 Å². The van der Waals surface area contributed by atoms with Gasteiger partial charge in [-0.3, -0.25) is 14.1 Å². The highest BCUT2D eigenvalue weighted by molar-refractivity contribution is 8.02. The van der Waals surface area contributed by atoms with E-state index >= 15 is 0 Å². The fourth-order valence-corrected chi connectivity index (χ4v) is 7.28. The van der Waals surface area contributed by atoms with Crippen molar-refractivity contribution in [1.82, 2.24) is 9.55 Å². The monoisotopic (exact) mass is 537 g/mol. The zero-order chi connectivity index (χ0) is 25.8. The lowest BCUT2D eigenvalue weighted by atomic mass is 10.1. The Morgan fingerprint density at radius 2 is 1.86 bits per heavy atom. The minimum Gasteiger partial charge on any atom is -0.465 e. The molecule has 1 unspecified atom stereocenters. The molecule has 0 saturated carbocycles. The molecule has 1 atom stereocenters. The number of hydrogen-bond donors (Lipinski definition) is 1. The number of esters is 1. The lowest BCUT2D eigenvalue weighted by Gasteiger charge is -2.19. The fourth-order valence-electron chi connectivity index (χ4n) is 3.54. The summed E-state index contributed by atoms with van der Waals surface area (Å²) in [6, 6.07) is 6.42. The summed E-state index contributed by atoms with van der Waals surface area (Å²) in [5.41, 5.74) is 1.38. The molecule has 2 aliphatic heterocycles. The highest BCUT2D eigenvalue weighted by atomic mass is 32.2. The quantitative estimate of drug-likeness (QED) is 0.207. The third-order valence-electron chi connectivity index (χ3n) is 5.56. The molecule has 0 radical (unpaired) electrons. The van der Waals surface area contributed by atoms with Crippen LogP contribution in [0, 0.1) is 20.8 Å². The number of nitrogens with one attached hydrogen (secondary N) is 1. The van der Waals surface area contributed by atoms with Gasteiger partial charge in [-0.05, 0) is 46.2 Å². The van der Waals surface area contributed by atoms with Gasteiger partial charge in [0.05, 0.1) is 15.7 Å². The summed E-state index contributed by atoms with van der Waals surface area (Å²) in [4.78, 5) is 30.6. The van der Waals surface area contributed by atoms with Gasteiger partial charge < -0.3 is 4.74 Å². The van der Waals surface area contributed by atoms with Gasteiger partial charge >= 0.3 is 11.7 Å². The molecule has 35 heavy (non-hydrogen) atoms. The predicted octanol–water partition coefficient (Wildman–Crippen LogP) is 5.06. The molecule has 1 aromatic carbocycles. The number of sulfonamides is 1. The molecule has 0 spiro atoms. The van der Waals surface area contributed by atoms with E-state index in [2.05, 4.69) is 16.6 Å². The number of thioether (sulfide) groups is 1. The maximum absolute atomic E-state index is 13.1. The molecule has 11 heteroatoms. The number of imidazole rings is 1. The Hall–Kier alpha value is -2.37. The zero-order valence-electron chi connectivity index (χ0n) is 20.6. The van der Waals surface area contributed by atoms with Gasteiger partial charge in [0.2, 0.25) is 0 Å². The molecular weight excluding hydrogens is 506 g/mol. The molecule has 1 N–H and O–H groups in total. The molecule has 0 aromatic heterocycles. The molecule has 8 nitrogen and oxygen atoms in total. The van der Waals surface area contributed by atoms with E-state index in [4.69, 9.17) is 4.74 Å². The number of fused-ring (bicyclic) bond motifs is 1. The second-order valence-electron chi connectivity index (χ2n) is 8.23. The standard InChI is InChI=1S/C24H31N3O5S3/c1-6-8-9-10-19(22(28)32-7-2)34-23-20-21(25-24(29)27(20)16(4)17(5)33-23)26-35(30,31)18-13-11-15(3)12-14-18/h11-14,19H,6-10H2,1-5H3,(H,25,26,29). The number of nitrogens with zero attached hydrogens (tertiary/aromatic N) is 2. The van der Waals surface area contributed by atoms with Crippen LogP contribution in [0.5, 0.6) is 0 Å². The summed E-state index contributed by atoms with van der Waals surface area (Å²) >= 11 is 2.71. The first-order valence-electron chi connectivity index (χ1n) is 11.5. The lowest BCUT2D eigenvalue weighted by molar-refractivity contribution is -0.142. The normalized spacial score (nSPS) is 12.6. The van der Waals surface area contributed by atoms with Crippen LogP contribution in [0.1, 0.15) is 55.7 Å². The van der Waals surface area contributed by atoms with E-state index in [1.165, 1.54) is 39.8 Å². The minimum absolute atomic E-state index is 0.0476. The van der Waals surface area contributed by atoms with E-state index in [1.807, 2.05) is 13.8 Å². The highest BCUT2D eigenvalue weighted by Crippen LogP contribution is 2.41. The molecule has 0 amide bonds. The third-order valence-corrected chi connectivity index (χ3v) is 9.56. The lowest BCUT2D eigenvalue weighted by Crippen LogP contribution is -2.22. The Labute approximate surface area is 214 Å². The van der Waals surface area contributed by atoms with Crippen molar-refractivity contribution in [3.63, 3.8) is 0 Å². The van der Waals surface area contributed by atoms with E-state index in [-0.39, 0.29) is 23.3 Å². The minimum atomic E-state index is -3.98. The van der Waals surface area contributed by atoms with Crippen molar-refractivity contribution in [3.8, 4) is 5.69 Å². The fraction of sp³-hybridized carbons (Fsp3) is 0.458. The number of hydrogen-bond acceptors (Lipinski definition) is 8. The van der Waals surface area contributed by atoms with Crippen LogP contribution < -0.4 is 10.4 Å². The summed E-state index contributed by atoms with van der Waals surface area (Å²) < 4.78 is 36.0. The molecule has 0 saturated heterocycles. The van der Waals surface area contributed by atoms with Crippen LogP contribution in [0.3, 0.4) is 0 Å². The average Bonchev–Trinajstić information content (AvgIpc) is 3.12. The Morgan fingerprint density at radius 3 is 2.49 bits per heavy atom. The molecular formula is C24H31N3O5S3. The number of ether oxygens (including phenoxy) is 1. The van der Waals surface area contributed by atoms with Crippen molar-refractivity contribution < 1.29 is 17.9 Å². The highest BCUT2D eigenvalue weighted by Gasteiger charge is 2.30. The molecule has 0 fully saturated rings. The number of benzene rings is 1. The smallest absolute Gasteiger partial charge is 0.354 e. The van der Waals surface area contributed by atoms with Crippen LogP contribution in [0.2, 0.25) is 0 Å². The summed E-state index contributed by atoms with van der Waals surface area (Å²) in [7, 11) is -3.98. The second kappa shape index (κ2) is 11.6. The van der Waals surface area contributed by atoms with Gasteiger partial charge in [0, 0.05) is 10.6 Å². The van der Waals surface area contributed by atoms with Gasteiger partial charge in [0.25, 0.3) is 10.0 Å². The maximum atomic E-state index is 13.1. The van der Waals surface area contributed by atoms with Gasteiger partial charge in [-0.1, -0.05) is 55.6 Å². The molecule has 190 valence electrons.